The van der Waals surface area contributed by atoms with Crippen LogP contribution < -0.4 is 19.9 Å². The van der Waals surface area contributed by atoms with Crippen molar-refractivity contribution in [2.75, 3.05) is 49.6 Å². The summed E-state index contributed by atoms with van der Waals surface area (Å²) in [6.45, 7) is 8.23. The molecule has 0 aliphatic carbocycles. The lowest BCUT2D eigenvalue weighted by Crippen LogP contribution is -2.46. The summed E-state index contributed by atoms with van der Waals surface area (Å²) in [5, 5.41) is 3.61. The molecular formula is C26H31N5O2S. The number of thioether (sulfide) groups is 1. The van der Waals surface area contributed by atoms with Crippen molar-refractivity contribution < 1.29 is 9.53 Å². The number of piperazine rings is 1. The fourth-order valence-electron chi connectivity index (χ4n) is 3.95. The van der Waals surface area contributed by atoms with Crippen molar-refractivity contribution in [1.29, 1.82) is 0 Å². The minimum Gasteiger partial charge on any atom is -0.497 e. The molecule has 0 unspecified atom stereocenters. The Balaban J connectivity index is 1.38. The van der Waals surface area contributed by atoms with Crippen molar-refractivity contribution in [3.05, 3.63) is 71.4 Å². The van der Waals surface area contributed by atoms with Crippen molar-refractivity contribution in [2.45, 2.75) is 24.8 Å². The molecule has 1 saturated heterocycles. The zero-order valence-electron chi connectivity index (χ0n) is 20.0. The minimum absolute atomic E-state index is 0.0442. The third kappa shape index (κ3) is 5.99. The van der Waals surface area contributed by atoms with Crippen LogP contribution in [0.4, 0.5) is 11.5 Å². The molecule has 7 nitrogen and oxygen atoms in total. The second-order valence-corrected chi connectivity index (χ2v) is 9.11. The lowest BCUT2D eigenvalue weighted by Gasteiger charge is -2.36. The molecule has 0 bridgehead atoms. The lowest BCUT2D eigenvalue weighted by atomic mass is 10.1. The molecule has 1 aliphatic rings. The van der Waals surface area contributed by atoms with Crippen LogP contribution in [0.15, 0.2) is 59.8 Å². The van der Waals surface area contributed by atoms with E-state index < -0.39 is 0 Å². The summed E-state index contributed by atoms with van der Waals surface area (Å²) in [7, 11) is 1.69. The number of nitrogens with zero attached hydrogens (tertiary/aromatic N) is 4. The van der Waals surface area contributed by atoms with Gasteiger partial charge in [-0.2, -0.15) is 0 Å². The molecular weight excluding hydrogens is 446 g/mol. The van der Waals surface area contributed by atoms with Crippen LogP contribution in [0.3, 0.4) is 0 Å². The van der Waals surface area contributed by atoms with Gasteiger partial charge in [0.15, 0.2) is 5.16 Å². The molecule has 0 radical (unpaired) electrons. The Morgan fingerprint density at radius 3 is 2.47 bits per heavy atom. The number of anilines is 2. The predicted molar refractivity (Wildman–Crippen MR) is 138 cm³/mol. The molecule has 4 rings (SSSR count). The van der Waals surface area contributed by atoms with Gasteiger partial charge in [0.2, 0.25) is 0 Å². The molecule has 34 heavy (non-hydrogen) atoms. The molecule has 0 saturated carbocycles. The van der Waals surface area contributed by atoms with Gasteiger partial charge >= 0.3 is 0 Å². The topological polar surface area (TPSA) is 70.6 Å². The first-order valence-corrected chi connectivity index (χ1v) is 12.5. The second-order valence-electron chi connectivity index (χ2n) is 8.17. The Kier molecular flexibility index (Phi) is 7.90. The second kappa shape index (κ2) is 11.2. The largest absolute Gasteiger partial charge is 0.497 e. The maximum absolute atomic E-state index is 12.1. The first-order valence-electron chi connectivity index (χ1n) is 11.6. The molecule has 1 aromatic heterocycles. The van der Waals surface area contributed by atoms with E-state index in [0.29, 0.717) is 17.9 Å². The number of nitrogens with one attached hydrogen (secondary N) is 1. The molecule has 1 aliphatic heterocycles. The van der Waals surface area contributed by atoms with E-state index in [2.05, 4.69) is 38.3 Å². The van der Waals surface area contributed by atoms with Crippen LogP contribution in [0.2, 0.25) is 0 Å². The molecule has 3 aromatic rings. The van der Waals surface area contributed by atoms with Crippen LogP contribution >= 0.6 is 11.8 Å². The van der Waals surface area contributed by atoms with Gasteiger partial charge in [0.25, 0.3) is 5.91 Å². The maximum atomic E-state index is 12.1. The fraction of sp³-hybridized carbons (Fsp3) is 0.346. The van der Waals surface area contributed by atoms with Crippen LogP contribution in [0.25, 0.3) is 0 Å². The van der Waals surface area contributed by atoms with Crippen LogP contribution in [0.1, 0.15) is 28.5 Å². The van der Waals surface area contributed by atoms with E-state index in [9.17, 15) is 4.79 Å². The average Bonchev–Trinajstić information content (AvgIpc) is 2.88. The number of rotatable bonds is 8. The number of hydrogen-bond donors (Lipinski definition) is 1. The number of ether oxygens (including phenoxy) is 1. The molecule has 1 fully saturated rings. The first kappa shape index (κ1) is 23.9. The van der Waals surface area contributed by atoms with Gasteiger partial charge in [-0.3, -0.25) is 4.79 Å². The smallest absolute Gasteiger partial charge is 0.251 e. The molecule has 2 aromatic carbocycles. The number of amides is 1. The van der Waals surface area contributed by atoms with Crippen molar-refractivity contribution in [2.24, 2.45) is 0 Å². The van der Waals surface area contributed by atoms with Crippen LogP contribution in [-0.4, -0.2) is 55.7 Å². The molecule has 0 spiro atoms. The van der Waals surface area contributed by atoms with Gasteiger partial charge < -0.3 is 19.9 Å². The van der Waals surface area contributed by atoms with E-state index in [4.69, 9.17) is 9.72 Å². The zero-order valence-corrected chi connectivity index (χ0v) is 20.8. The minimum atomic E-state index is -0.0442. The quantitative estimate of drug-likeness (QED) is 0.386. The van der Waals surface area contributed by atoms with Gasteiger partial charge in [0, 0.05) is 61.5 Å². The van der Waals surface area contributed by atoms with E-state index in [0.717, 1.165) is 54.2 Å². The number of carbonyl (C=O) groups is 1. The molecule has 0 atom stereocenters. The monoisotopic (exact) mass is 477 g/mol. The Morgan fingerprint density at radius 1 is 1.03 bits per heavy atom. The van der Waals surface area contributed by atoms with Crippen molar-refractivity contribution in [3.8, 4) is 5.75 Å². The highest BCUT2D eigenvalue weighted by Gasteiger charge is 2.19. The highest BCUT2D eigenvalue weighted by atomic mass is 32.2. The summed E-state index contributed by atoms with van der Waals surface area (Å²) < 4.78 is 5.27. The van der Waals surface area contributed by atoms with Gasteiger partial charge in [-0.05, 0) is 55.8 Å². The standard InChI is InChI=1S/C26H31N5O2S/c1-4-27-25(32)21-7-5-6-20(17-21)18-34-26-28-19(2)16-24(29-26)31-14-12-30(13-15-31)22-8-10-23(33-3)11-9-22/h5-11,16-17H,4,12-15,18H2,1-3H3,(H,27,32). The third-order valence-electron chi connectivity index (χ3n) is 5.76. The number of methoxy groups -OCH3 is 1. The van der Waals surface area contributed by atoms with Crippen molar-refractivity contribution in [1.82, 2.24) is 15.3 Å². The average molecular weight is 478 g/mol. The summed E-state index contributed by atoms with van der Waals surface area (Å²) in [5.41, 5.74) is 3.93. The zero-order chi connectivity index (χ0) is 23.9. The van der Waals surface area contributed by atoms with Gasteiger partial charge in [-0.15, -0.1) is 0 Å². The highest BCUT2D eigenvalue weighted by molar-refractivity contribution is 7.98. The number of benzene rings is 2. The van der Waals surface area contributed by atoms with Crippen molar-refractivity contribution in [3.63, 3.8) is 0 Å². The fourth-order valence-corrected chi connectivity index (χ4v) is 4.79. The van der Waals surface area contributed by atoms with E-state index in [1.54, 1.807) is 18.9 Å². The summed E-state index contributed by atoms with van der Waals surface area (Å²) in [5.74, 6) is 2.51. The van der Waals surface area contributed by atoms with Gasteiger partial charge in [-0.25, -0.2) is 9.97 Å². The van der Waals surface area contributed by atoms with E-state index in [1.165, 1.54) is 5.69 Å². The molecule has 1 N–H and O–H groups in total. The first-order chi connectivity index (χ1) is 16.6. The summed E-state index contributed by atoms with van der Waals surface area (Å²) in [6, 6.07) is 18.0. The molecule has 8 heteroatoms. The Bertz CT molecular complexity index is 1110. The lowest BCUT2D eigenvalue weighted by molar-refractivity contribution is 0.0955. The predicted octanol–water partition coefficient (Wildman–Crippen LogP) is 4.16. The molecule has 2 heterocycles. The number of aryl methyl sites for hydroxylation is 1. The van der Waals surface area contributed by atoms with Crippen LogP contribution in [-0.2, 0) is 5.75 Å². The number of carbonyl (C=O) groups excluding carboxylic acids is 1. The number of aromatic nitrogens is 2. The normalized spacial score (nSPS) is 13.6. The molecule has 178 valence electrons. The Morgan fingerprint density at radius 2 is 1.76 bits per heavy atom. The van der Waals surface area contributed by atoms with Gasteiger partial charge in [0.05, 0.1) is 7.11 Å². The number of hydrogen-bond acceptors (Lipinski definition) is 7. The van der Waals surface area contributed by atoms with Gasteiger partial charge in [-0.1, -0.05) is 23.9 Å². The van der Waals surface area contributed by atoms with Crippen LogP contribution in [0.5, 0.6) is 5.75 Å². The SMILES string of the molecule is CCNC(=O)c1cccc(CSc2nc(C)cc(N3CCN(c4ccc(OC)cc4)CC3)n2)c1. The van der Waals surface area contributed by atoms with E-state index >= 15 is 0 Å². The summed E-state index contributed by atoms with van der Waals surface area (Å²) in [4.78, 5) is 26.3. The Labute approximate surface area is 205 Å². The van der Waals surface area contributed by atoms with Crippen LogP contribution in [0, 0.1) is 6.92 Å². The maximum Gasteiger partial charge on any atom is 0.251 e. The highest BCUT2D eigenvalue weighted by Crippen LogP contribution is 2.25. The van der Waals surface area contributed by atoms with E-state index in [-0.39, 0.29) is 5.91 Å². The van der Waals surface area contributed by atoms with Gasteiger partial charge in [0.1, 0.15) is 11.6 Å². The van der Waals surface area contributed by atoms with Crippen molar-refractivity contribution >= 4 is 29.2 Å². The summed E-state index contributed by atoms with van der Waals surface area (Å²) >= 11 is 1.60. The Hall–Kier alpha value is -3.26. The third-order valence-corrected chi connectivity index (χ3v) is 6.67. The summed E-state index contributed by atoms with van der Waals surface area (Å²) in [6.07, 6.45) is 0. The van der Waals surface area contributed by atoms with E-state index in [1.807, 2.05) is 50.2 Å². The molecule has 1 amide bonds.